The van der Waals surface area contributed by atoms with Crippen molar-refractivity contribution in [2.24, 2.45) is 0 Å². The molecule has 1 atom stereocenters. The fraction of sp³-hybridized carbons (Fsp3) is 0.391. The molecule has 9 heteroatoms. The highest BCUT2D eigenvalue weighted by atomic mass is 35.5. The molecule has 0 spiro atoms. The van der Waals surface area contributed by atoms with Crippen LogP contribution in [0.25, 0.3) is 10.2 Å². The minimum atomic E-state index is 0.0265. The van der Waals surface area contributed by atoms with Gasteiger partial charge in [-0.05, 0) is 49.2 Å². The Morgan fingerprint density at radius 3 is 2.66 bits per heavy atom. The molecule has 6 nitrogen and oxygen atoms in total. The van der Waals surface area contributed by atoms with Crippen LogP contribution in [-0.4, -0.2) is 50.1 Å². The first-order valence-corrected chi connectivity index (χ1v) is 12.6. The lowest BCUT2D eigenvalue weighted by atomic mass is 10.2. The van der Waals surface area contributed by atoms with Crippen molar-refractivity contribution < 1.29 is 19.0 Å². The summed E-state index contributed by atoms with van der Waals surface area (Å²) in [4.78, 5) is 20.9. The second-order valence-electron chi connectivity index (χ2n) is 7.34. The maximum absolute atomic E-state index is 13.3. The van der Waals surface area contributed by atoms with Gasteiger partial charge < -0.3 is 14.2 Å². The molecule has 1 amide bonds. The predicted octanol–water partition coefficient (Wildman–Crippen LogP) is 5.66. The Balaban J connectivity index is 1.55. The van der Waals surface area contributed by atoms with Crippen LogP contribution in [0.3, 0.4) is 0 Å². The first kappa shape index (κ1) is 23.2. The first-order chi connectivity index (χ1) is 15.6. The van der Waals surface area contributed by atoms with E-state index in [1.54, 1.807) is 30.9 Å². The van der Waals surface area contributed by atoms with Gasteiger partial charge >= 0.3 is 0 Å². The summed E-state index contributed by atoms with van der Waals surface area (Å²) in [7, 11) is 3.24. The van der Waals surface area contributed by atoms with Crippen LogP contribution in [-0.2, 0) is 9.53 Å². The lowest BCUT2D eigenvalue weighted by Crippen LogP contribution is -2.37. The molecule has 2 heterocycles. The summed E-state index contributed by atoms with van der Waals surface area (Å²) in [6.07, 6.45) is 2.38. The zero-order chi connectivity index (χ0) is 22.5. The van der Waals surface area contributed by atoms with E-state index in [0.29, 0.717) is 45.9 Å². The highest BCUT2D eigenvalue weighted by molar-refractivity contribution is 7.99. The van der Waals surface area contributed by atoms with Crippen LogP contribution in [0.5, 0.6) is 11.5 Å². The average molecular weight is 493 g/mol. The topological polar surface area (TPSA) is 60.9 Å². The Kier molecular flexibility index (Phi) is 7.78. The number of carbonyl (C=O) groups is 1. The Morgan fingerprint density at radius 2 is 1.97 bits per heavy atom. The third-order valence-electron chi connectivity index (χ3n) is 5.24. The smallest absolute Gasteiger partial charge is 0.229 e. The van der Waals surface area contributed by atoms with E-state index in [4.69, 9.17) is 30.8 Å². The van der Waals surface area contributed by atoms with Crippen LogP contribution in [0.4, 0.5) is 5.13 Å². The summed E-state index contributed by atoms with van der Waals surface area (Å²) < 4.78 is 17.7. The molecular weight excluding hydrogens is 468 g/mol. The highest BCUT2D eigenvalue weighted by Crippen LogP contribution is 2.40. The summed E-state index contributed by atoms with van der Waals surface area (Å²) >= 11 is 9.03. The normalized spacial score (nSPS) is 15.8. The maximum Gasteiger partial charge on any atom is 0.229 e. The van der Waals surface area contributed by atoms with Crippen LogP contribution in [0.15, 0.2) is 41.3 Å². The number of methoxy groups -OCH3 is 2. The number of thiazole rings is 1. The number of aromatic nitrogens is 1. The molecule has 2 aromatic carbocycles. The molecule has 0 bridgehead atoms. The number of ether oxygens (including phenoxy) is 3. The average Bonchev–Trinajstić information content (AvgIpc) is 3.48. The summed E-state index contributed by atoms with van der Waals surface area (Å²) in [6, 6.07) is 11.3. The van der Waals surface area contributed by atoms with Gasteiger partial charge in [0.1, 0.15) is 21.7 Å². The van der Waals surface area contributed by atoms with E-state index < -0.39 is 0 Å². The number of carbonyl (C=O) groups excluding carboxylic acids is 1. The Bertz CT molecular complexity index is 1030. The van der Waals surface area contributed by atoms with E-state index in [9.17, 15) is 4.79 Å². The van der Waals surface area contributed by atoms with Crippen molar-refractivity contribution in [3.8, 4) is 11.5 Å². The van der Waals surface area contributed by atoms with E-state index in [-0.39, 0.29) is 12.0 Å². The molecule has 1 aliphatic heterocycles. The minimum absolute atomic E-state index is 0.0265. The summed E-state index contributed by atoms with van der Waals surface area (Å²) in [6.45, 7) is 1.23. The third-order valence-corrected chi connectivity index (χ3v) is 7.60. The fourth-order valence-electron chi connectivity index (χ4n) is 3.59. The third kappa shape index (κ3) is 5.31. The zero-order valence-corrected chi connectivity index (χ0v) is 20.4. The van der Waals surface area contributed by atoms with E-state index in [1.165, 1.54) is 11.3 Å². The van der Waals surface area contributed by atoms with Crippen LogP contribution in [0.1, 0.15) is 19.3 Å². The SMILES string of the molecule is COc1ccc(OC)c2sc(N(CC3CCCO3)C(=O)CCSc3ccc(Cl)cc3)nc12. The molecule has 1 saturated heterocycles. The van der Waals surface area contributed by atoms with Gasteiger partial charge in [0.15, 0.2) is 5.13 Å². The number of thioether (sulfide) groups is 1. The van der Waals surface area contributed by atoms with E-state index >= 15 is 0 Å². The Labute approximate surface area is 200 Å². The van der Waals surface area contributed by atoms with Crippen LogP contribution >= 0.6 is 34.7 Å². The molecule has 32 heavy (non-hydrogen) atoms. The highest BCUT2D eigenvalue weighted by Gasteiger charge is 2.27. The van der Waals surface area contributed by atoms with Gasteiger partial charge in [-0.25, -0.2) is 4.98 Å². The number of rotatable bonds is 9. The van der Waals surface area contributed by atoms with Gasteiger partial charge in [0.2, 0.25) is 5.91 Å². The zero-order valence-electron chi connectivity index (χ0n) is 18.0. The van der Waals surface area contributed by atoms with Crippen molar-refractivity contribution in [1.29, 1.82) is 0 Å². The molecule has 0 saturated carbocycles. The molecule has 0 N–H and O–H groups in total. The van der Waals surface area contributed by atoms with Gasteiger partial charge in [0, 0.05) is 28.7 Å². The van der Waals surface area contributed by atoms with Crippen molar-refractivity contribution in [1.82, 2.24) is 4.98 Å². The van der Waals surface area contributed by atoms with E-state index in [0.717, 1.165) is 29.0 Å². The second-order valence-corrected chi connectivity index (χ2v) is 9.92. The fourth-order valence-corrected chi connectivity index (χ4v) is 5.66. The van der Waals surface area contributed by atoms with Gasteiger partial charge in [-0.2, -0.15) is 0 Å². The molecule has 170 valence electrons. The van der Waals surface area contributed by atoms with Gasteiger partial charge in [0.05, 0.1) is 26.9 Å². The van der Waals surface area contributed by atoms with E-state index in [1.807, 2.05) is 36.4 Å². The monoisotopic (exact) mass is 492 g/mol. The van der Waals surface area contributed by atoms with Crippen LogP contribution < -0.4 is 14.4 Å². The largest absolute Gasteiger partial charge is 0.495 e. The molecule has 1 aromatic heterocycles. The van der Waals surface area contributed by atoms with Crippen LogP contribution in [0.2, 0.25) is 5.02 Å². The van der Waals surface area contributed by atoms with Crippen LogP contribution in [0, 0.1) is 0 Å². The number of fused-ring (bicyclic) bond motifs is 1. The number of nitrogens with zero attached hydrogens (tertiary/aromatic N) is 2. The standard InChI is InChI=1S/C23H25ClN2O4S2/c1-28-18-9-10-19(29-2)22-21(18)25-23(32-22)26(14-16-4-3-12-30-16)20(27)11-13-31-17-7-5-15(24)6-8-17/h5-10,16H,3-4,11-14H2,1-2H3. The van der Waals surface area contributed by atoms with Gasteiger partial charge in [-0.15, -0.1) is 11.8 Å². The van der Waals surface area contributed by atoms with Gasteiger partial charge in [0.25, 0.3) is 0 Å². The number of amides is 1. The molecule has 0 aliphatic carbocycles. The Hall–Kier alpha value is -2.00. The first-order valence-electron chi connectivity index (χ1n) is 10.4. The van der Waals surface area contributed by atoms with Crippen molar-refractivity contribution in [2.75, 3.05) is 38.0 Å². The molecule has 1 aliphatic rings. The summed E-state index contributed by atoms with van der Waals surface area (Å²) in [5.41, 5.74) is 0.701. The number of hydrogen-bond acceptors (Lipinski definition) is 7. The predicted molar refractivity (Wildman–Crippen MR) is 131 cm³/mol. The lowest BCUT2D eigenvalue weighted by Gasteiger charge is -2.23. The molecule has 1 fully saturated rings. The number of halogens is 1. The second kappa shape index (κ2) is 10.7. The molecular formula is C23H25ClN2O4S2. The lowest BCUT2D eigenvalue weighted by molar-refractivity contribution is -0.118. The van der Waals surface area contributed by atoms with Crippen molar-refractivity contribution in [3.05, 3.63) is 41.4 Å². The maximum atomic E-state index is 13.3. The molecule has 1 unspecified atom stereocenters. The summed E-state index contributed by atoms with van der Waals surface area (Å²) in [5, 5.41) is 1.34. The number of hydrogen-bond donors (Lipinski definition) is 0. The molecule has 3 aromatic rings. The molecule has 4 rings (SSSR count). The van der Waals surface area contributed by atoms with E-state index in [2.05, 4.69) is 0 Å². The van der Waals surface area contributed by atoms with Crippen molar-refractivity contribution in [2.45, 2.75) is 30.3 Å². The number of benzene rings is 2. The van der Waals surface area contributed by atoms with Crippen molar-refractivity contribution >= 4 is 56.0 Å². The minimum Gasteiger partial charge on any atom is -0.495 e. The van der Waals surface area contributed by atoms with Gasteiger partial charge in [-0.1, -0.05) is 22.9 Å². The Morgan fingerprint density at radius 1 is 1.22 bits per heavy atom. The number of anilines is 1. The van der Waals surface area contributed by atoms with Gasteiger partial charge in [-0.3, -0.25) is 9.69 Å². The van der Waals surface area contributed by atoms with Crippen molar-refractivity contribution in [3.63, 3.8) is 0 Å². The molecule has 0 radical (unpaired) electrons. The summed E-state index contributed by atoms with van der Waals surface area (Å²) in [5.74, 6) is 2.07. The quantitative estimate of drug-likeness (QED) is 0.359.